The van der Waals surface area contributed by atoms with E-state index in [0.29, 0.717) is 6.42 Å². The van der Waals surface area contributed by atoms with Gasteiger partial charge in [-0.3, -0.25) is 4.79 Å². The number of amides is 1. The van der Waals surface area contributed by atoms with Crippen LogP contribution in [0.5, 0.6) is 0 Å². The number of hydrogen-bond acceptors (Lipinski definition) is 1. The van der Waals surface area contributed by atoms with Crippen molar-refractivity contribution in [2.24, 2.45) is 5.73 Å². The molecule has 0 unspecified atom stereocenters. The van der Waals surface area contributed by atoms with Gasteiger partial charge in [0, 0.05) is 0 Å². The lowest BCUT2D eigenvalue weighted by Crippen LogP contribution is -2.14. The van der Waals surface area contributed by atoms with Crippen LogP contribution in [-0.4, -0.2) is 5.91 Å². The number of rotatable bonds is 2. The van der Waals surface area contributed by atoms with Gasteiger partial charge in [0.2, 0.25) is 5.91 Å². The minimum Gasteiger partial charge on any atom is -0.369 e. The molecule has 2 heteroatoms. The van der Waals surface area contributed by atoms with Crippen LogP contribution in [0.2, 0.25) is 0 Å². The topological polar surface area (TPSA) is 43.1 Å². The summed E-state index contributed by atoms with van der Waals surface area (Å²) in [6.45, 7) is 0. The fourth-order valence-corrected chi connectivity index (χ4v) is 2.61. The first-order chi connectivity index (χ1) is 8.25. The van der Waals surface area contributed by atoms with E-state index in [2.05, 4.69) is 24.3 Å². The Balaban J connectivity index is 2.19. The highest BCUT2D eigenvalue weighted by molar-refractivity contribution is 5.85. The molecular formula is C15H13NO. The van der Waals surface area contributed by atoms with Crippen LogP contribution in [0.15, 0.2) is 42.5 Å². The van der Waals surface area contributed by atoms with Gasteiger partial charge in [-0.25, -0.2) is 0 Å². The van der Waals surface area contributed by atoms with Crippen molar-refractivity contribution in [2.45, 2.75) is 12.8 Å². The second-order valence-electron chi connectivity index (χ2n) is 4.43. The number of benzene rings is 2. The summed E-state index contributed by atoms with van der Waals surface area (Å²) >= 11 is 0. The van der Waals surface area contributed by atoms with Gasteiger partial charge in [0.05, 0.1) is 6.42 Å². The molecule has 17 heavy (non-hydrogen) atoms. The molecule has 0 aromatic heterocycles. The summed E-state index contributed by atoms with van der Waals surface area (Å²) in [5.74, 6) is -0.275. The van der Waals surface area contributed by atoms with E-state index in [1.165, 1.54) is 22.3 Å². The normalized spacial score (nSPS) is 12.0. The SMILES string of the molecule is NC(=O)Cc1cccc2c1-c1ccccc1C2. The average molecular weight is 223 g/mol. The van der Waals surface area contributed by atoms with Gasteiger partial charge in [-0.2, -0.15) is 0 Å². The molecule has 1 aliphatic carbocycles. The monoisotopic (exact) mass is 223 g/mol. The van der Waals surface area contributed by atoms with Gasteiger partial charge in [0.1, 0.15) is 0 Å². The molecule has 0 fully saturated rings. The van der Waals surface area contributed by atoms with Gasteiger partial charge in [-0.15, -0.1) is 0 Å². The minimum atomic E-state index is -0.275. The maximum absolute atomic E-state index is 11.1. The quantitative estimate of drug-likeness (QED) is 0.711. The summed E-state index contributed by atoms with van der Waals surface area (Å²) in [6, 6.07) is 14.5. The third kappa shape index (κ3) is 1.62. The maximum Gasteiger partial charge on any atom is 0.221 e. The second-order valence-corrected chi connectivity index (χ2v) is 4.43. The van der Waals surface area contributed by atoms with Gasteiger partial charge in [-0.1, -0.05) is 42.5 Å². The van der Waals surface area contributed by atoms with Crippen molar-refractivity contribution < 1.29 is 4.79 Å². The molecule has 2 nitrogen and oxygen atoms in total. The number of carbonyl (C=O) groups excluding carboxylic acids is 1. The zero-order chi connectivity index (χ0) is 11.8. The molecular weight excluding hydrogens is 210 g/mol. The highest BCUT2D eigenvalue weighted by atomic mass is 16.1. The molecule has 0 saturated heterocycles. The third-order valence-corrected chi connectivity index (χ3v) is 3.27. The maximum atomic E-state index is 11.1. The molecule has 0 aliphatic heterocycles. The van der Waals surface area contributed by atoms with Crippen LogP contribution >= 0.6 is 0 Å². The summed E-state index contributed by atoms with van der Waals surface area (Å²) in [4.78, 5) is 11.1. The Morgan fingerprint density at radius 2 is 1.82 bits per heavy atom. The van der Waals surface area contributed by atoms with E-state index >= 15 is 0 Å². The van der Waals surface area contributed by atoms with Gasteiger partial charge < -0.3 is 5.73 Å². The first-order valence-corrected chi connectivity index (χ1v) is 5.73. The Morgan fingerprint density at radius 3 is 2.65 bits per heavy atom. The van der Waals surface area contributed by atoms with Crippen molar-refractivity contribution in [2.75, 3.05) is 0 Å². The Hall–Kier alpha value is -2.09. The molecule has 3 rings (SSSR count). The van der Waals surface area contributed by atoms with E-state index in [9.17, 15) is 4.79 Å². The van der Waals surface area contributed by atoms with E-state index in [1.807, 2.05) is 18.2 Å². The molecule has 0 bridgehead atoms. The molecule has 0 atom stereocenters. The van der Waals surface area contributed by atoms with E-state index in [1.54, 1.807) is 0 Å². The van der Waals surface area contributed by atoms with Crippen molar-refractivity contribution in [3.8, 4) is 11.1 Å². The highest BCUT2D eigenvalue weighted by Crippen LogP contribution is 2.38. The number of nitrogens with two attached hydrogens (primary N) is 1. The summed E-state index contributed by atoms with van der Waals surface area (Å²) in [7, 11) is 0. The lowest BCUT2D eigenvalue weighted by molar-refractivity contribution is -0.117. The predicted octanol–water partition coefficient (Wildman–Crippen LogP) is 2.29. The molecule has 2 N–H and O–H groups in total. The second kappa shape index (κ2) is 3.74. The number of carbonyl (C=O) groups is 1. The first-order valence-electron chi connectivity index (χ1n) is 5.73. The Labute approximate surface area is 100 Å². The molecule has 0 spiro atoms. The summed E-state index contributed by atoms with van der Waals surface area (Å²) in [5.41, 5.74) is 11.4. The molecule has 2 aromatic rings. The van der Waals surface area contributed by atoms with Crippen LogP contribution in [0.25, 0.3) is 11.1 Å². The van der Waals surface area contributed by atoms with E-state index < -0.39 is 0 Å². The van der Waals surface area contributed by atoms with Crippen molar-refractivity contribution in [1.29, 1.82) is 0 Å². The predicted molar refractivity (Wildman–Crippen MR) is 67.6 cm³/mol. The van der Waals surface area contributed by atoms with Crippen LogP contribution in [0.3, 0.4) is 0 Å². The minimum absolute atomic E-state index is 0.275. The van der Waals surface area contributed by atoms with Gasteiger partial charge in [-0.05, 0) is 34.2 Å². The molecule has 0 radical (unpaired) electrons. The molecule has 0 saturated carbocycles. The fourth-order valence-electron chi connectivity index (χ4n) is 2.61. The zero-order valence-electron chi connectivity index (χ0n) is 9.44. The standard InChI is InChI=1S/C15H13NO/c16-14(17)9-12-6-3-5-11-8-10-4-1-2-7-13(10)15(11)12/h1-7H,8-9H2,(H2,16,17). The zero-order valence-corrected chi connectivity index (χ0v) is 9.44. The Morgan fingerprint density at radius 1 is 1.06 bits per heavy atom. The van der Waals surface area contributed by atoms with Crippen molar-refractivity contribution in [3.05, 3.63) is 59.2 Å². The third-order valence-electron chi connectivity index (χ3n) is 3.27. The van der Waals surface area contributed by atoms with Crippen LogP contribution in [0.1, 0.15) is 16.7 Å². The van der Waals surface area contributed by atoms with Crippen molar-refractivity contribution >= 4 is 5.91 Å². The molecule has 84 valence electrons. The average Bonchev–Trinajstić information content (AvgIpc) is 2.67. The molecule has 0 heterocycles. The molecule has 2 aromatic carbocycles. The lowest BCUT2D eigenvalue weighted by atomic mass is 9.97. The first kappa shape index (κ1) is 10.1. The van der Waals surface area contributed by atoms with E-state index in [4.69, 9.17) is 5.73 Å². The number of fused-ring (bicyclic) bond motifs is 3. The van der Waals surface area contributed by atoms with Gasteiger partial charge in [0.15, 0.2) is 0 Å². The number of primary amides is 1. The Bertz CT molecular complexity index is 602. The highest BCUT2D eigenvalue weighted by Gasteiger charge is 2.20. The van der Waals surface area contributed by atoms with Crippen LogP contribution in [-0.2, 0) is 17.6 Å². The van der Waals surface area contributed by atoms with Crippen molar-refractivity contribution in [3.63, 3.8) is 0 Å². The summed E-state index contributed by atoms with van der Waals surface area (Å²) < 4.78 is 0. The van der Waals surface area contributed by atoms with Crippen molar-refractivity contribution in [1.82, 2.24) is 0 Å². The summed E-state index contributed by atoms with van der Waals surface area (Å²) in [5, 5.41) is 0. The summed E-state index contributed by atoms with van der Waals surface area (Å²) in [6.07, 6.45) is 1.27. The molecule has 1 amide bonds. The van der Waals surface area contributed by atoms with Crippen LogP contribution < -0.4 is 5.73 Å². The number of hydrogen-bond donors (Lipinski definition) is 1. The van der Waals surface area contributed by atoms with Crippen LogP contribution in [0.4, 0.5) is 0 Å². The van der Waals surface area contributed by atoms with Gasteiger partial charge >= 0.3 is 0 Å². The molecule has 1 aliphatic rings. The lowest BCUT2D eigenvalue weighted by Gasteiger charge is -2.07. The smallest absolute Gasteiger partial charge is 0.221 e. The Kier molecular flexibility index (Phi) is 2.22. The van der Waals surface area contributed by atoms with Gasteiger partial charge in [0.25, 0.3) is 0 Å². The fraction of sp³-hybridized carbons (Fsp3) is 0.133. The largest absolute Gasteiger partial charge is 0.369 e. The van der Waals surface area contributed by atoms with Crippen LogP contribution in [0, 0.1) is 0 Å². The van der Waals surface area contributed by atoms with E-state index in [0.717, 1.165) is 12.0 Å². The van der Waals surface area contributed by atoms with E-state index in [-0.39, 0.29) is 5.91 Å².